The molecule has 102 valence electrons. The zero-order valence-corrected chi connectivity index (χ0v) is 10.9. The van der Waals surface area contributed by atoms with Crippen LogP contribution in [-0.2, 0) is 9.59 Å². The molecule has 2 fully saturated rings. The molecule has 2 aliphatic rings. The second-order valence-corrected chi connectivity index (χ2v) is 5.07. The Morgan fingerprint density at radius 1 is 1.28 bits per heavy atom. The highest BCUT2D eigenvalue weighted by atomic mass is 16.2. The largest absolute Gasteiger partial charge is 0.368 e. The molecule has 3 N–H and O–H groups in total. The molecule has 2 saturated heterocycles. The Morgan fingerprint density at radius 3 is 2.56 bits per heavy atom. The maximum atomic E-state index is 12.3. The van der Waals surface area contributed by atoms with Gasteiger partial charge in [0.15, 0.2) is 0 Å². The fourth-order valence-corrected chi connectivity index (χ4v) is 2.79. The Labute approximate surface area is 107 Å². The van der Waals surface area contributed by atoms with Gasteiger partial charge in [-0.05, 0) is 19.8 Å². The lowest BCUT2D eigenvalue weighted by Gasteiger charge is -2.38. The smallest absolute Gasteiger partial charge is 0.239 e. The monoisotopic (exact) mass is 254 g/mol. The highest BCUT2D eigenvalue weighted by Gasteiger charge is 2.35. The molecule has 0 saturated carbocycles. The second-order valence-electron chi connectivity index (χ2n) is 5.07. The number of carbonyl (C=O) groups excluding carboxylic acids is 2. The molecule has 18 heavy (non-hydrogen) atoms. The minimum Gasteiger partial charge on any atom is -0.368 e. The molecule has 6 nitrogen and oxygen atoms in total. The number of nitrogens with zero attached hydrogens (tertiary/aromatic N) is 2. The number of primary amides is 1. The maximum absolute atomic E-state index is 12.3. The zero-order chi connectivity index (χ0) is 13.1. The van der Waals surface area contributed by atoms with Crippen molar-refractivity contribution in [2.75, 3.05) is 32.7 Å². The van der Waals surface area contributed by atoms with Gasteiger partial charge < -0.3 is 16.0 Å². The summed E-state index contributed by atoms with van der Waals surface area (Å²) < 4.78 is 0. The fourth-order valence-electron chi connectivity index (χ4n) is 2.79. The number of nitrogens with two attached hydrogens (primary N) is 1. The van der Waals surface area contributed by atoms with Gasteiger partial charge in [-0.3, -0.25) is 14.5 Å². The van der Waals surface area contributed by atoms with Crippen LogP contribution in [0, 0.1) is 0 Å². The van der Waals surface area contributed by atoms with Crippen LogP contribution < -0.4 is 11.1 Å². The van der Waals surface area contributed by atoms with E-state index in [0.29, 0.717) is 13.1 Å². The van der Waals surface area contributed by atoms with Crippen LogP contribution in [0.2, 0.25) is 0 Å². The lowest BCUT2D eigenvalue weighted by Crippen LogP contribution is -2.62. The van der Waals surface area contributed by atoms with Crippen molar-refractivity contribution in [2.45, 2.75) is 31.8 Å². The van der Waals surface area contributed by atoms with Crippen molar-refractivity contribution in [3.63, 3.8) is 0 Å². The average Bonchev–Trinajstić information content (AvgIpc) is 2.90. The first-order chi connectivity index (χ1) is 8.61. The molecule has 2 rings (SSSR count). The normalized spacial score (nSPS) is 27.2. The highest BCUT2D eigenvalue weighted by Crippen LogP contribution is 2.15. The van der Waals surface area contributed by atoms with Gasteiger partial charge in [-0.15, -0.1) is 0 Å². The van der Waals surface area contributed by atoms with Crippen LogP contribution in [0.15, 0.2) is 0 Å². The molecule has 2 unspecified atom stereocenters. The standard InChI is InChI=1S/C12H22N4O2/c1-9(12(18)15-5-2-3-6-15)16-7-4-14-8-10(16)11(13)17/h9-10,14H,2-8H2,1H3,(H2,13,17). The summed E-state index contributed by atoms with van der Waals surface area (Å²) in [5.41, 5.74) is 5.40. The van der Waals surface area contributed by atoms with E-state index in [1.807, 2.05) is 16.7 Å². The van der Waals surface area contributed by atoms with Crippen LogP contribution >= 0.6 is 0 Å². The molecule has 2 aliphatic heterocycles. The Kier molecular flexibility index (Phi) is 4.19. The molecule has 0 aromatic heterocycles. The predicted octanol–water partition coefficient (Wildman–Crippen LogP) is -1.24. The first kappa shape index (κ1) is 13.3. The first-order valence-electron chi connectivity index (χ1n) is 6.66. The lowest BCUT2D eigenvalue weighted by molar-refractivity contribution is -0.138. The van der Waals surface area contributed by atoms with Crippen LogP contribution in [0.5, 0.6) is 0 Å². The lowest BCUT2D eigenvalue weighted by atomic mass is 10.1. The van der Waals surface area contributed by atoms with Crippen molar-refractivity contribution in [3.05, 3.63) is 0 Å². The number of amides is 2. The van der Waals surface area contributed by atoms with Crippen LogP contribution in [0.3, 0.4) is 0 Å². The summed E-state index contributed by atoms with van der Waals surface area (Å²) in [6.07, 6.45) is 2.17. The van der Waals surface area contributed by atoms with E-state index in [1.165, 1.54) is 0 Å². The Hall–Kier alpha value is -1.14. The van der Waals surface area contributed by atoms with Crippen molar-refractivity contribution in [1.29, 1.82) is 0 Å². The molecular formula is C12H22N4O2. The molecule has 6 heteroatoms. The molecule has 0 radical (unpaired) electrons. The van der Waals surface area contributed by atoms with Gasteiger partial charge in [-0.25, -0.2) is 0 Å². The summed E-state index contributed by atoms with van der Waals surface area (Å²) in [4.78, 5) is 27.6. The van der Waals surface area contributed by atoms with E-state index in [0.717, 1.165) is 32.5 Å². The number of rotatable bonds is 3. The Morgan fingerprint density at radius 2 is 1.94 bits per heavy atom. The van der Waals surface area contributed by atoms with E-state index in [1.54, 1.807) is 0 Å². The van der Waals surface area contributed by atoms with E-state index >= 15 is 0 Å². The second kappa shape index (κ2) is 5.67. The maximum Gasteiger partial charge on any atom is 0.239 e. The number of nitrogens with one attached hydrogen (secondary N) is 1. The quantitative estimate of drug-likeness (QED) is 0.660. The van der Waals surface area contributed by atoms with E-state index in [2.05, 4.69) is 5.32 Å². The molecule has 0 bridgehead atoms. The minimum atomic E-state index is -0.375. The van der Waals surface area contributed by atoms with E-state index < -0.39 is 0 Å². The number of hydrogen-bond donors (Lipinski definition) is 2. The molecule has 2 heterocycles. The van der Waals surface area contributed by atoms with Gasteiger partial charge in [0, 0.05) is 32.7 Å². The highest BCUT2D eigenvalue weighted by molar-refractivity contribution is 5.84. The predicted molar refractivity (Wildman–Crippen MR) is 67.8 cm³/mol. The van der Waals surface area contributed by atoms with Crippen molar-refractivity contribution in [2.24, 2.45) is 5.73 Å². The number of likely N-dealkylation sites (tertiary alicyclic amines) is 1. The summed E-state index contributed by atoms with van der Waals surface area (Å²) in [7, 11) is 0. The Balaban J connectivity index is 2.03. The molecule has 0 aromatic carbocycles. The molecule has 0 aliphatic carbocycles. The number of hydrogen-bond acceptors (Lipinski definition) is 4. The van der Waals surface area contributed by atoms with E-state index in [9.17, 15) is 9.59 Å². The zero-order valence-electron chi connectivity index (χ0n) is 10.9. The summed E-state index contributed by atoms with van der Waals surface area (Å²) >= 11 is 0. The van der Waals surface area contributed by atoms with Gasteiger partial charge in [-0.2, -0.15) is 0 Å². The first-order valence-corrected chi connectivity index (χ1v) is 6.66. The summed E-state index contributed by atoms with van der Waals surface area (Å²) in [6, 6.07) is -0.636. The molecule has 0 spiro atoms. The summed E-state index contributed by atoms with van der Waals surface area (Å²) in [6.45, 7) is 5.58. The SMILES string of the molecule is CC(C(=O)N1CCCC1)N1CCNCC1C(N)=O. The minimum absolute atomic E-state index is 0.126. The van der Waals surface area contributed by atoms with Crippen molar-refractivity contribution >= 4 is 11.8 Å². The third-order valence-electron chi connectivity index (χ3n) is 3.89. The third-order valence-corrected chi connectivity index (χ3v) is 3.89. The Bertz CT molecular complexity index is 328. The van der Waals surface area contributed by atoms with Gasteiger partial charge >= 0.3 is 0 Å². The fraction of sp³-hybridized carbons (Fsp3) is 0.833. The van der Waals surface area contributed by atoms with Gasteiger partial charge in [0.2, 0.25) is 11.8 Å². The van der Waals surface area contributed by atoms with Crippen molar-refractivity contribution < 1.29 is 9.59 Å². The van der Waals surface area contributed by atoms with Crippen molar-refractivity contribution in [3.8, 4) is 0 Å². The summed E-state index contributed by atoms with van der Waals surface area (Å²) in [5.74, 6) is -0.232. The average molecular weight is 254 g/mol. The van der Waals surface area contributed by atoms with Crippen molar-refractivity contribution in [1.82, 2.24) is 15.1 Å². The number of piperazine rings is 1. The van der Waals surface area contributed by atoms with E-state index in [4.69, 9.17) is 5.73 Å². The van der Waals surface area contributed by atoms with Crippen LogP contribution in [0.4, 0.5) is 0 Å². The van der Waals surface area contributed by atoms with E-state index in [-0.39, 0.29) is 23.9 Å². The van der Waals surface area contributed by atoms with Crippen LogP contribution in [0.1, 0.15) is 19.8 Å². The molecular weight excluding hydrogens is 232 g/mol. The van der Waals surface area contributed by atoms with Crippen LogP contribution in [-0.4, -0.2) is 66.4 Å². The van der Waals surface area contributed by atoms with Gasteiger partial charge in [0.1, 0.15) is 6.04 Å². The summed E-state index contributed by atoms with van der Waals surface area (Å²) in [5, 5.41) is 3.14. The molecule has 0 aromatic rings. The molecule has 2 amide bonds. The topological polar surface area (TPSA) is 78.7 Å². The van der Waals surface area contributed by atoms with Gasteiger partial charge in [-0.1, -0.05) is 0 Å². The molecule has 2 atom stereocenters. The number of carbonyl (C=O) groups is 2. The van der Waals surface area contributed by atoms with Crippen LogP contribution in [0.25, 0.3) is 0 Å². The third kappa shape index (κ3) is 2.64. The van der Waals surface area contributed by atoms with Gasteiger partial charge in [0.25, 0.3) is 0 Å². The van der Waals surface area contributed by atoms with Gasteiger partial charge in [0.05, 0.1) is 6.04 Å².